The van der Waals surface area contributed by atoms with Gasteiger partial charge >= 0.3 is 0 Å². The molecule has 0 bridgehead atoms. The molecule has 1 aliphatic heterocycles. The van der Waals surface area contributed by atoms with Crippen LogP contribution in [0.3, 0.4) is 0 Å². The molecule has 2 aromatic rings. The zero-order valence-electron chi connectivity index (χ0n) is 14.5. The molecule has 2 atom stereocenters. The van der Waals surface area contributed by atoms with E-state index >= 15 is 0 Å². The number of hydrogen-bond acceptors (Lipinski definition) is 3. The third-order valence-electron chi connectivity index (χ3n) is 4.39. The van der Waals surface area contributed by atoms with Crippen molar-refractivity contribution in [2.24, 2.45) is 0 Å². The minimum absolute atomic E-state index is 0.120. The fourth-order valence-electron chi connectivity index (χ4n) is 2.93. The second-order valence-electron chi connectivity index (χ2n) is 6.30. The molecule has 0 unspecified atom stereocenters. The van der Waals surface area contributed by atoms with Gasteiger partial charge in [-0.1, -0.05) is 42.5 Å². The van der Waals surface area contributed by atoms with Crippen LogP contribution in [0.4, 0.5) is 5.69 Å². The van der Waals surface area contributed by atoms with Crippen molar-refractivity contribution in [2.75, 3.05) is 5.32 Å². The van der Waals surface area contributed by atoms with E-state index in [1.165, 1.54) is 0 Å². The maximum absolute atomic E-state index is 12.3. The van der Waals surface area contributed by atoms with Gasteiger partial charge in [-0.3, -0.25) is 14.4 Å². The van der Waals surface area contributed by atoms with Crippen molar-refractivity contribution in [1.29, 1.82) is 0 Å². The zero-order chi connectivity index (χ0) is 18.5. The molecule has 0 spiro atoms. The standard InChI is InChI=1S/C20H21N3O3/c1-13(14-7-3-2-4-8-14)21-18(24)12-11-17-20(26)22-16-10-6-5-9-15(16)19(25)23-17/h2-10,13,17H,11-12H2,1H3,(H,21,24)(H,22,26)(H,23,25)/t13-,17+/m0/s1. The van der Waals surface area contributed by atoms with Gasteiger partial charge in [-0.25, -0.2) is 0 Å². The van der Waals surface area contributed by atoms with E-state index in [1.54, 1.807) is 24.3 Å². The Morgan fingerprint density at radius 2 is 1.77 bits per heavy atom. The number of amides is 3. The molecular formula is C20H21N3O3. The molecule has 3 rings (SSSR count). The molecule has 26 heavy (non-hydrogen) atoms. The molecule has 3 amide bonds. The van der Waals surface area contributed by atoms with Crippen molar-refractivity contribution >= 4 is 23.4 Å². The lowest BCUT2D eigenvalue weighted by Crippen LogP contribution is -2.42. The van der Waals surface area contributed by atoms with Crippen molar-refractivity contribution < 1.29 is 14.4 Å². The van der Waals surface area contributed by atoms with E-state index in [1.807, 2.05) is 37.3 Å². The second-order valence-corrected chi connectivity index (χ2v) is 6.30. The molecule has 0 radical (unpaired) electrons. The van der Waals surface area contributed by atoms with Gasteiger partial charge in [-0.05, 0) is 31.0 Å². The molecule has 0 aliphatic carbocycles. The Bertz CT molecular complexity index is 820. The zero-order valence-corrected chi connectivity index (χ0v) is 14.5. The molecule has 1 aliphatic rings. The summed E-state index contributed by atoms with van der Waals surface area (Å²) in [4.78, 5) is 36.8. The van der Waals surface area contributed by atoms with E-state index in [2.05, 4.69) is 16.0 Å². The molecule has 3 N–H and O–H groups in total. The number of hydrogen-bond donors (Lipinski definition) is 3. The SMILES string of the molecule is C[C@H](NC(=O)CC[C@H]1NC(=O)c2ccccc2NC1=O)c1ccccc1. The van der Waals surface area contributed by atoms with Gasteiger partial charge in [0, 0.05) is 6.42 Å². The monoisotopic (exact) mass is 351 g/mol. The van der Waals surface area contributed by atoms with Gasteiger partial charge in [-0.2, -0.15) is 0 Å². The summed E-state index contributed by atoms with van der Waals surface area (Å²) in [5, 5.41) is 8.34. The van der Waals surface area contributed by atoms with Crippen molar-refractivity contribution in [1.82, 2.24) is 10.6 Å². The van der Waals surface area contributed by atoms with Gasteiger partial charge in [0.15, 0.2) is 0 Å². The Morgan fingerprint density at radius 1 is 1.08 bits per heavy atom. The summed E-state index contributed by atoms with van der Waals surface area (Å²) < 4.78 is 0. The topological polar surface area (TPSA) is 87.3 Å². The van der Waals surface area contributed by atoms with Gasteiger partial charge in [0.25, 0.3) is 5.91 Å². The number of benzene rings is 2. The predicted molar refractivity (Wildman–Crippen MR) is 98.6 cm³/mol. The molecule has 0 aromatic heterocycles. The van der Waals surface area contributed by atoms with Gasteiger partial charge in [-0.15, -0.1) is 0 Å². The first-order valence-electron chi connectivity index (χ1n) is 8.59. The summed E-state index contributed by atoms with van der Waals surface area (Å²) >= 11 is 0. The first-order chi connectivity index (χ1) is 12.5. The molecule has 0 fully saturated rings. The van der Waals surface area contributed by atoms with Crippen LogP contribution in [0.1, 0.15) is 41.7 Å². The number of carbonyl (C=O) groups is 3. The summed E-state index contributed by atoms with van der Waals surface area (Å²) in [7, 11) is 0. The van der Waals surface area contributed by atoms with Crippen molar-refractivity contribution in [3.8, 4) is 0 Å². The lowest BCUT2D eigenvalue weighted by Gasteiger charge is -2.17. The fraction of sp³-hybridized carbons (Fsp3) is 0.250. The van der Waals surface area contributed by atoms with Crippen molar-refractivity contribution in [3.63, 3.8) is 0 Å². The van der Waals surface area contributed by atoms with E-state index in [-0.39, 0.29) is 36.6 Å². The van der Waals surface area contributed by atoms with Crippen LogP contribution < -0.4 is 16.0 Å². The fourth-order valence-corrected chi connectivity index (χ4v) is 2.93. The number of fused-ring (bicyclic) bond motifs is 1. The molecule has 0 saturated heterocycles. The lowest BCUT2D eigenvalue weighted by molar-refractivity contribution is -0.122. The van der Waals surface area contributed by atoms with Crippen molar-refractivity contribution in [3.05, 3.63) is 65.7 Å². The Hall–Kier alpha value is -3.15. The molecule has 2 aromatic carbocycles. The van der Waals surface area contributed by atoms with Crippen LogP contribution in [0, 0.1) is 0 Å². The Kier molecular flexibility index (Phi) is 5.31. The highest BCUT2D eigenvalue weighted by Gasteiger charge is 2.27. The van der Waals surface area contributed by atoms with Crippen LogP contribution in [-0.2, 0) is 9.59 Å². The highest BCUT2D eigenvalue weighted by Crippen LogP contribution is 2.19. The summed E-state index contributed by atoms with van der Waals surface area (Å²) in [6, 6.07) is 15.6. The number of carbonyl (C=O) groups excluding carboxylic acids is 3. The van der Waals surface area contributed by atoms with Crippen LogP contribution in [0.2, 0.25) is 0 Å². The number of anilines is 1. The van der Waals surface area contributed by atoms with E-state index in [4.69, 9.17) is 0 Å². The molecule has 6 heteroatoms. The van der Waals surface area contributed by atoms with Crippen LogP contribution in [-0.4, -0.2) is 23.8 Å². The Balaban J connectivity index is 1.57. The van der Waals surface area contributed by atoms with E-state index < -0.39 is 6.04 Å². The van der Waals surface area contributed by atoms with Gasteiger partial charge in [0.2, 0.25) is 11.8 Å². The Labute approximate surface area is 152 Å². The van der Waals surface area contributed by atoms with Crippen molar-refractivity contribution in [2.45, 2.75) is 31.8 Å². The molecule has 1 heterocycles. The summed E-state index contributed by atoms with van der Waals surface area (Å²) in [5.41, 5.74) is 1.92. The molecule has 0 saturated carbocycles. The highest BCUT2D eigenvalue weighted by molar-refractivity contribution is 6.09. The quantitative estimate of drug-likeness (QED) is 0.773. The van der Waals surface area contributed by atoms with Gasteiger partial charge < -0.3 is 16.0 Å². The van der Waals surface area contributed by atoms with E-state index in [0.29, 0.717) is 11.3 Å². The first kappa shape index (κ1) is 17.7. The summed E-state index contributed by atoms with van der Waals surface area (Å²) in [6.45, 7) is 1.91. The highest BCUT2D eigenvalue weighted by atomic mass is 16.2. The van der Waals surface area contributed by atoms with Crippen LogP contribution in [0.15, 0.2) is 54.6 Å². The summed E-state index contributed by atoms with van der Waals surface area (Å²) in [6.07, 6.45) is 0.380. The first-order valence-corrected chi connectivity index (χ1v) is 8.59. The summed E-state index contributed by atoms with van der Waals surface area (Å²) in [5.74, 6) is -0.792. The predicted octanol–water partition coefficient (Wildman–Crippen LogP) is 2.39. The van der Waals surface area contributed by atoms with Crippen LogP contribution >= 0.6 is 0 Å². The minimum Gasteiger partial charge on any atom is -0.350 e. The Morgan fingerprint density at radius 3 is 2.54 bits per heavy atom. The number of nitrogens with one attached hydrogen (secondary N) is 3. The minimum atomic E-state index is -0.743. The molecule has 134 valence electrons. The second kappa shape index (κ2) is 7.82. The van der Waals surface area contributed by atoms with Crippen LogP contribution in [0.25, 0.3) is 0 Å². The third-order valence-corrected chi connectivity index (χ3v) is 4.39. The van der Waals surface area contributed by atoms with Gasteiger partial charge in [0.1, 0.15) is 6.04 Å². The maximum Gasteiger partial charge on any atom is 0.254 e. The maximum atomic E-state index is 12.3. The van der Waals surface area contributed by atoms with E-state index in [9.17, 15) is 14.4 Å². The van der Waals surface area contributed by atoms with E-state index in [0.717, 1.165) is 5.56 Å². The molecular weight excluding hydrogens is 330 g/mol. The third kappa shape index (κ3) is 4.08. The lowest BCUT2D eigenvalue weighted by atomic mass is 10.1. The smallest absolute Gasteiger partial charge is 0.254 e. The average molecular weight is 351 g/mol. The largest absolute Gasteiger partial charge is 0.350 e. The van der Waals surface area contributed by atoms with Gasteiger partial charge in [0.05, 0.1) is 17.3 Å². The number of rotatable bonds is 5. The average Bonchev–Trinajstić information content (AvgIpc) is 2.77. The molecule has 6 nitrogen and oxygen atoms in total. The van der Waals surface area contributed by atoms with Crippen LogP contribution in [0.5, 0.6) is 0 Å². The normalized spacial score (nSPS) is 17.3. The number of para-hydroxylation sites is 1.